The van der Waals surface area contributed by atoms with Crippen molar-refractivity contribution in [2.45, 2.75) is 25.9 Å². The van der Waals surface area contributed by atoms with Crippen LogP contribution in [-0.4, -0.2) is 11.0 Å². The maximum atomic E-state index is 4.27. The van der Waals surface area contributed by atoms with E-state index in [0.29, 0.717) is 6.04 Å². The monoisotopic (exact) mass is 176 g/mol. The lowest BCUT2D eigenvalue weighted by atomic mass is 10.2. The van der Waals surface area contributed by atoms with E-state index in [1.807, 2.05) is 30.5 Å². The van der Waals surface area contributed by atoms with Gasteiger partial charge in [0.25, 0.3) is 0 Å². The molecule has 2 atom stereocenters. The lowest BCUT2D eigenvalue weighted by molar-refractivity contribution is 0.526. The van der Waals surface area contributed by atoms with Gasteiger partial charge in [0.05, 0.1) is 5.69 Å². The summed E-state index contributed by atoms with van der Waals surface area (Å²) in [5.41, 5.74) is 1.07. The van der Waals surface area contributed by atoms with Gasteiger partial charge in [-0.2, -0.15) is 0 Å². The minimum atomic E-state index is 0.272. The van der Waals surface area contributed by atoms with E-state index in [1.54, 1.807) is 0 Å². The molecule has 1 aromatic rings. The number of aromatic nitrogens is 1. The number of rotatable bonds is 4. The zero-order valence-electron chi connectivity index (χ0n) is 8.20. The number of hydrogen-bond donors (Lipinski definition) is 1. The van der Waals surface area contributed by atoms with Crippen molar-refractivity contribution >= 4 is 0 Å². The Kier molecular flexibility index (Phi) is 3.65. The second-order valence-electron chi connectivity index (χ2n) is 3.17. The van der Waals surface area contributed by atoms with Gasteiger partial charge in [-0.15, -0.1) is 6.58 Å². The molecule has 0 saturated carbocycles. The van der Waals surface area contributed by atoms with E-state index in [0.717, 1.165) is 5.69 Å². The van der Waals surface area contributed by atoms with Gasteiger partial charge in [-0.05, 0) is 26.0 Å². The predicted octanol–water partition coefficient (Wildman–Crippen LogP) is 2.31. The summed E-state index contributed by atoms with van der Waals surface area (Å²) in [7, 11) is 0. The topological polar surface area (TPSA) is 24.9 Å². The first-order valence-electron chi connectivity index (χ1n) is 4.53. The number of nitrogens with one attached hydrogen (secondary N) is 1. The average Bonchev–Trinajstić information content (AvgIpc) is 2.19. The zero-order chi connectivity index (χ0) is 9.68. The molecular formula is C11H16N2. The number of nitrogens with zero attached hydrogens (tertiary/aromatic N) is 1. The molecule has 1 rings (SSSR count). The Morgan fingerprint density at radius 3 is 2.77 bits per heavy atom. The van der Waals surface area contributed by atoms with Gasteiger partial charge in [0.1, 0.15) is 0 Å². The van der Waals surface area contributed by atoms with Gasteiger partial charge < -0.3 is 5.32 Å². The lowest BCUT2D eigenvalue weighted by Crippen LogP contribution is -2.27. The molecule has 0 aliphatic carbocycles. The summed E-state index contributed by atoms with van der Waals surface area (Å²) in [6.45, 7) is 7.90. The Morgan fingerprint density at radius 1 is 1.46 bits per heavy atom. The van der Waals surface area contributed by atoms with Crippen molar-refractivity contribution in [3.8, 4) is 0 Å². The summed E-state index contributed by atoms with van der Waals surface area (Å²) < 4.78 is 0. The minimum absolute atomic E-state index is 0.272. The van der Waals surface area contributed by atoms with Gasteiger partial charge in [0, 0.05) is 18.3 Å². The molecule has 2 unspecified atom stereocenters. The molecule has 0 aromatic carbocycles. The minimum Gasteiger partial charge on any atom is -0.303 e. The highest BCUT2D eigenvalue weighted by Gasteiger charge is 2.06. The fourth-order valence-electron chi connectivity index (χ4n) is 1.18. The normalized spacial score (nSPS) is 14.9. The van der Waals surface area contributed by atoms with Crippen molar-refractivity contribution in [1.29, 1.82) is 0 Å². The Balaban J connectivity index is 2.58. The second-order valence-corrected chi connectivity index (χ2v) is 3.17. The van der Waals surface area contributed by atoms with E-state index in [1.165, 1.54) is 0 Å². The summed E-state index contributed by atoms with van der Waals surface area (Å²) >= 11 is 0. The zero-order valence-corrected chi connectivity index (χ0v) is 8.20. The van der Waals surface area contributed by atoms with Crippen LogP contribution in [0.3, 0.4) is 0 Å². The highest BCUT2D eigenvalue weighted by atomic mass is 15.0. The van der Waals surface area contributed by atoms with Gasteiger partial charge in [-0.3, -0.25) is 4.98 Å². The molecule has 0 aliphatic heterocycles. The van der Waals surface area contributed by atoms with Crippen molar-refractivity contribution in [3.05, 3.63) is 42.7 Å². The summed E-state index contributed by atoms with van der Waals surface area (Å²) in [5, 5.41) is 3.37. The smallest absolute Gasteiger partial charge is 0.0570 e. The van der Waals surface area contributed by atoms with Crippen LogP contribution in [0.15, 0.2) is 37.1 Å². The maximum absolute atomic E-state index is 4.27. The molecule has 13 heavy (non-hydrogen) atoms. The first-order valence-corrected chi connectivity index (χ1v) is 4.53. The maximum Gasteiger partial charge on any atom is 0.0570 e. The van der Waals surface area contributed by atoms with E-state index in [2.05, 4.69) is 30.7 Å². The Bertz CT molecular complexity index is 256. The van der Waals surface area contributed by atoms with E-state index in [4.69, 9.17) is 0 Å². The van der Waals surface area contributed by atoms with Crippen molar-refractivity contribution in [1.82, 2.24) is 10.3 Å². The van der Waals surface area contributed by atoms with E-state index < -0.39 is 0 Å². The second kappa shape index (κ2) is 4.77. The predicted molar refractivity (Wildman–Crippen MR) is 55.4 cm³/mol. The van der Waals surface area contributed by atoms with E-state index >= 15 is 0 Å². The first kappa shape index (κ1) is 9.93. The van der Waals surface area contributed by atoms with Gasteiger partial charge >= 0.3 is 0 Å². The van der Waals surface area contributed by atoms with Crippen LogP contribution >= 0.6 is 0 Å². The fraction of sp³-hybridized carbons (Fsp3) is 0.364. The summed E-state index contributed by atoms with van der Waals surface area (Å²) in [4.78, 5) is 4.27. The van der Waals surface area contributed by atoms with Crippen molar-refractivity contribution < 1.29 is 0 Å². The fourth-order valence-corrected chi connectivity index (χ4v) is 1.18. The number of pyridine rings is 1. The molecule has 1 aromatic heterocycles. The van der Waals surface area contributed by atoms with Crippen LogP contribution < -0.4 is 5.32 Å². The van der Waals surface area contributed by atoms with Crippen LogP contribution in [0, 0.1) is 0 Å². The Hall–Kier alpha value is -1.15. The molecule has 0 aliphatic rings. The third-order valence-corrected chi connectivity index (χ3v) is 2.00. The summed E-state index contributed by atoms with van der Waals surface area (Å²) in [5.74, 6) is 0. The first-order chi connectivity index (χ1) is 6.24. The molecule has 0 radical (unpaired) electrons. The average molecular weight is 176 g/mol. The standard InChI is InChI=1S/C11H16N2/c1-4-9(2)13-10(3)11-7-5-6-8-12-11/h4-10,13H,1H2,2-3H3. The van der Waals surface area contributed by atoms with E-state index in [-0.39, 0.29) is 6.04 Å². The van der Waals surface area contributed by atoms with Crippen LogP contribution in [0.5, 0.6) is 0 Å². The molecule has 0 bridgehead atoms. The Morgan fingerprint density at radius 2 is 2.23 bits per heavy atom. The molecule has 0 spiro atoms. The highest BCUT2D eigenvalue weighted by Crippen LogP contribution is 2.08. The molecule has 0 saturated heterocycles. The van der Waals surface area contributed by atoms with Crippen LogP contribution in [0.25, 0.3) is 0 Å². The molecule has 2 heteroatoms. The third kappa shape index (κ3) is 2.99. The largest absolute Gasteiger partial charge is 0.303 e. The molecule has 0 fully saturated rings. The quantitative estimate of drug-likeness (QED) is 0.712. The van der Waals surface area contributed by atoms with Gasteiger partial charge in [-0.1, -0.05) is 12.1 Å². The van der Waals surface area contributed by atoms with Crippen LogP contribution in [-0.2, 0) is 0 Å². The Labute approximate surface area is 79.7 Å². The van der Waals surface area contributed by atoms with Crippen LogP contribution in [0.2, 0.25) is 0 Å². The van der Waals surface area contributed by atoms with Gasteiger partial charge in [0.15, 0.2) is 0 Å². The molecule has 70 valence electrons. The SMILES string of the molecule is C=CC(C)NC(C)c1ccccn1. The van der Waals surface area contributed by atoms with E-state index in [9.17, 15) is 0 Å². The molecule has 1 heterocycles. The van der Waals surface area contributed by atoms with Gasteiger partial charge in [-0.25, -0.2) is 0 Å². The van der Waals surface area contributed by atoms with Crippen LogP contribution in [0.1, 0.15) is 25.6 Å². The van der Waals surface area contributed by atoms with Crippen LogP contribution in [0.4, 0.5) is 0 Å². The number of hydrogen-bond acceptors (Lipinski definition) is 2. The molecule has 2 nitrogen and oxygen atoms in total. The van der Waals surface area contributed by atoms with Crippen molar-refractivity contribution in [3.63, 3.8) is 0 Å². The molecule has 0 amide bonds. The van der Waals surface area contributed by atoms with Crippen molar-refractivity contribution in [2.75, 3.05) is 0 Å². The highest BCUT2D eigenvalue weighted by molar-refractivity contribution is 5.08. The van der Waals surface area contributed by atoms with Gasteiger partial charge in [0.2, 0.25) is 0 Å². The summed E-state index contributed by atoms with van der Waals surface area (Å²) in [6, 6.07) is 6.53. The third-order valence-electron chi connectivity index (χ3n) is 2.00. The van der Waals surface area contributed by atoms with Crippen molar-refractivity contribution in [2.24, 2.45) is 0 Å². The molecule has 1 N–H and O–H groups in total. The summed E-state index contributed by atoms with van der Waals surface area (Å²) in [6.07, 6.45) is 3.70. The molecular weight excluding hydrogens is 160 g/mol. The lowest BCUT2D eigenvalue weighted by Gasteiger charge is -2.16.